The molecule has 1 fully saturated rings. The van der Waals surface area contributed by atoms with Crippen LogP contribution in [0.3, 0.4) is 0 Å². The van der Waals surface area contributed by atoms with E-state index in [1.807, 2.05) is 11.0 Å². The molecular formula is C18H26N2O2. The fourth-order valence-corrected chi connectivity index (χ4v) is 3.84. The van der Waals surface area contributed by atoms with Gasteiger partial charge in [0, 0.05) is 19.1 Å². The highest BCUT2D eigenvalue weighted by atomic mass is 16.5. The van der Waals surface area contributed by atoms with E-state index in [4.69, 9.17) is 10.5 Å². The number of ether oxygens (including phenoxy) is 1. The SMILES string of the molecule is C[C@@H]1CCCN(C(=O)C[C@@H]2OCCc3ccccc32)[C@H]1CN. The third kappa shape index (κ3) is 3.03. The number of nitrogens with zero attached hydrogens (tertiary/aromatic N) is 1. The maximum Gasteiger partial charge on any atom is 0.225 e. The van der Waals surface area contributed by atoms with Crippen LogP contribution in [0.1, 0.15) is 43.4 Å². The van der Waals surface area contributed by atoms with Crippen molar-refractivity contribution in [2.45, 2.75) is 44.8 Å². The summed E-state index contributed by atoms with van der Waals surface area (Å²) >= 11 is 0. The van der Waals surface area contributed by atoms with Gasteiger partial charge in [-0.05, 0) is 36.3 Å². The van der Waals surface area contributed by atoms with Crippen molar-refractivity contribution in [3.05, 3.63) is 35.4 Å². The molecule has 22 heavy (non-hydrogen) atoms. The summed E-state index contributed by atoms with van der Waals surface area (Å²) in [5.41, 5.74) is 8.40. The molecule has 0 saturated carbocycles. The summed E-state index contributed by atoms with van der Waals surface area (Å²) in [5, 5.41) is 0. The predicted molar refractivity (Wildman–Crippen MR) is 86.4 cm³/mol. The van der Waals surface area contributed by atoms with E-state index in [9.17, 15) is 4.79 Å². The Balaban J connectivity index is 1.72. The summed E-state index contributed by atoms with van der Waals surface area (Å²) in [6.45, 7) is 4.28. The average molecular weight is 302 g/mol. The van der Waals surface area contributed by atoms with Crippen molar-refractivity contribution in [1.82, 2.24) is 4.90 Å². The number of hydrogen-bond donors (Lipinski definition) is 1. The summed E-state index contributed by atoms with van der Waals surface area (Å²) in [5.74, 6) is 0.672. The number of carbonyl (C=O) groups excluding carboxylic acids is 1. The van der Waals surface area contributed by atoms with Crippen LogP contribution in [-0.2, 0) is 16.0 Å². The maximum atomic E-state index is 12.8. The quantitative estimate of drug-likeness (QED) is 0.932. The number of nitrogens with two attached hydrogens (primary N) is 1. The van der Waals surface area contributed by atoms with Gasteiger partial charge in [0.25, 0.3) is 0 Å². The van der Waals surface area contributed by atoms with Crippen LogP contribution < -0.4 is 5.73 Å². The molecule has 0 bridgehead atoms. The Hall–Kier alpha value is -1.39. The molecule has 3 atom stereocenters. The minimum Gasteiger partial charge on any atom is -0.373 e. The number of piperidine rings is 1. The third-order valence-electron chi connectivity index (χ3n) is 5.13. The van der Waals surface area contributed by atoms with Crippen molar-refractivity contribution in [3.8, 4) is 0 Å². The zero-order valence-electron chi connectivity index (χ0n) is 13.3. The van der Waals surface area contributed by atoms with Crippen LogP contribution in [0.2, 0.25) is 0 Å². The summed E-state index contributed by atoms with van der Waals surface area (Å²) in [6, 6.07) is 8.49. The number of likely N-dealkylation sites (tertiary alicyclic amines) is 1. The molecule has 4 heteroatoms. The van der Waals surface area contributed by atoms with Gasteiger partial charge in [0.1, 0.15) is 0 Å². The number of rotatable bonds is 3. The monoisotopic (exact) mass is 302 g/mol. The molecule has 2 N–H and O–H groups in total. The van der Waals surface area contributed by atoms with Gasteiger partial charge in [0.2, 0.25) is 5.91 Å². The van der Waals surface area contributed by atoms with Crippen LogP contribution in [-0.4, -0.2) is 36.5 Å². The largest absolute Gasteiger partial charge is 0.373 e. The van der Waals surface area contributed by atoms with Gasteiger partial charge in [-0.3, -0.25) is 4.79 Å². The van der Waals surface area contributed by atoms with Crippen LogP contribution in [0.25, 0.3) is 0 Å². The first-order valence-electron chi connectivity index (χ1n) is 8.39. The summed E-state index contributed by atoms with van der Waals surface area (Å²) in [7, 11) is 0. The van der Waals surface area contributed by atoms with Crippen molar-refractivity contribution in [1.29, 1.82) is 0 Å². The lowest BCUT2D eigenvalue weighted by molar-refractivity contribution is -0.139. The second-order valence-electron chi connectivity index (χ2n) is 6.52. The van der Waals surface area contributed by atoms with Gasteiger partial charge in [0.05, 0.1) is 19.1 Å². The third-order valence-corrected chi connectivity index (χ3v) is 5.13. The van der Waals surface area contributed by atoms with Gasteiger partial charge < -0.3 is 15.4 Å². The zero-order chi connectivity index (χ0) is 15.5. The van der Waals surface area contributed by atoms with E-state index in [1.165, 1.54) is 11.1 Å². The first-order valence-corrected chi connectivity index (χ1v) is 8.39. The molecular weight excluding hydrogens is 276 g/mol. The Morgan fingerprint density at radius 1 is 1.41 bits per heavy atom. The molecule has 2 heterocycles. The Morgan fingerprint density at radius 2 is 2.23 bits per heavy atom. The minimum absolute atomic E-state index is 0.104. The fraction of sp³-hybridized carbons (Fsp3) is 0.611. The van der Waals surface area contributed by atoms with Crippen LogP contribution in [0.15, 0.2) is 24.3 Å². The Morgan fingerprint density at radius 3 is 3.05 bits per heavy atom. The topological polar surface area (TPSA) is 55.6 Å². The standard InChI is InChI=1S/C18H26N2O2/c1-13-5-4-9-20(16(13)12-19)18(21)11-17-15-7-3-2-6-14(15)8-10-22-17/h2-3,6-7,13,16-17H,4-5,8-12,19H2,1H3/t13-,16+,17+/m1/s1. The Labute approximate surface area is 132 Å². The molecule has 1 amide bonds. The van der Waals surface area contributed by atoms with E-state index in [2.05, 4.69) is 25.1 Å². The fourth-order valence-electron chi connectivity index (χ4n) is 3.84. The zero-order valence-corrected chi connectivity index (χ0v) is 13.3. The van der Waals surface area contributed by atoms with E-state index in [0.29, 0.717) is 25.5 Å². The van der Waals surface area contributed by atoms with Crippen LogP contribution in [0.4, 0.5) is 0 Å². The van der Waals surface area contributed by atoms with Gasteiger partial charge in [-0.1, -0.05) is 31.2 Å². The Kier molecular flexibility index (Phi) is 4.79. The molecule has 0 spiro atoms. The van der Waals surface area contributed by atoms with Gasteiger partial charge in [-0.25, -0.2) is 0 Å². The molecule has 0 radical (unpaired) electrons. The van der Waals surface area contributed by atoms with Crippen molar-refractivity contribution >= 4 is 5.91 Å². The van der Waals surface area contributed by atoms with Crippen LogP contribution in [0, 0.1) is 5.92 Å². The molecule has 1 aromatic carbocycles. The molecule has 0 aliphatic carbocycles. The van der Waals surface area contributed by atoms with Crippen molar-refractivity contribution < 1.29 is 9.53 Å². The first kappa shape index (κ1) is 15.5. The Bertz CT molecular complexity index is 532. The summed E-state index contributed by atoms with van der Waals surface area (Å²) in [6.07, 6.45) is 3.50. The van der Waals surface area contributed by atoms with Gasteiger partial charge in [-0.2, -0.15) is 0 Å². The molecule has 1 saturated heterocycles. The molecule has 1 aromatic rings. The van der Waals surface area contributed by atoms with Gasteiger partial charge >= 0.3 is 0 Å². The number of carbonyl (C=O) groups is 1. The second kappa shape index (κ2) is 6.80. The normalized spacial score (nSPS) is 28.3. The summed E-state index contributed by atoms with van der Waals surface area (Å²) in [4.78, 5) is 14.8. The van der Waals surface area contributed by atoms with Gasteiger partial charge in [-0.15, -0.1) is 0 Å². The summed E-state index contributed by atoms with van der Waals surface area (Å²) < 4.78 is 5.88. The number of hydrogen-bond acceptors (Lipinski definition) is 3. The highest BCUT2D eigenvalue weighted by Gasteiger charge is 2.33. The highest BCUT2D eigenvalue weighted by Crippen LogP contribution is 2.31. The van der Waals surface area contributed by atoms with Crippen LogP contribution >= 0.6 is 0 Å². The first-order chi connectivity index (χ1) is 10.7. The minimum atomic E-state index is -0.104. The van der Waals surface area contributed by atoms with Gasteiger partial charge in [0.15, 0.2) is 0 Å². The molecule has 2 aliphatic rings. The van der Waals surface area contributed by atoms with Crippen LogP contribution in [0.5, 0.6) is 0 Å². The van der Waals surface area contributed by atoms with Crippen molar-refractivity contribution in [3.63, 3.8) is 0 Å². The lowest BCUT2D eigenvalue weighted by atomic mass is 9.89. The molecule has 2 aliphatic heterocycles. The number of fused-ring (bicyclic) bond motifs is 1. The predicted octanol–water partition coefficient (Wildman–Crippen LogP) is 2.28. The lowest BCUT2D eigenvalue weighted by Gasteiger charge is -2.40. The molecule has 3 rings (SSSR count). The molecule has 0 aromatic heterocycles. The molecule has 0 unspecified atom stereocenters. The average Bonchev–Trinajstić information content (AvgIpc) is 2.55. The lowest BCUT2D eigenvalue weighted by Crippen LogP contribution is -2.51. The van der Waals surface area contributed by atoms with E-state index >= 15 is 0 Å². The van der Waals surface area contributed by atoms with E-state index < -0.39 is 0 Å². The second-order valence-corrected chi connectivity index (χ2v) is 6.52. The maximum absolute atomic E-state index is 12.8. The van der Waals surface area contributed by atoms with E-state index in [1.54, 1.807) is 0 Å². The number of benzene rings is 1. The smallest absolute Gasteiger partial charge is 0.225 e. The molecule has 120 valence electrons. The highest BCUT2D eigenvalue weighted by molar-refractivity contribution is 5.77. The molecule has 4 nitrogen and oxygen atoms in total. The van der Waals surface area contributed by atoms with Crippen molar-refractivity contribution in [2.75, 3.05) is 19.7 Å². The van der Waals surface area contributed by atoms with Crippen molar-refractivity contribution in [2.24, 2.45) is 11.7 Å². The van der Waals surface area contributed by atoms with E-state index in [-0.39, 0.29) is 18.1 Å². The van der Waals surface area contributed by atoms with E-state index in [0.717, 1.165) is 25.8 Å². The number of amides is 1.